The summed E-state index contributed by atoms with van der Waals surface area (Å²) in [5.74, 6) is 2.31. The topological polar surface area (TPSA) is 82.6 Å². The maximum absolute atomic E-state index is 12.6. The van der Waals surface area contributed by atoms with Gasteiger partial charge < -0.3 is 14.2 Å². The van der Waals surface area contributed by atoms with Gasteiger partial charge in [0, 0.05) is 29.3 Å². The van der Waals surface area contributed by atoms with Gasteiger partial charge in [0.05, 0.1) is 30.0 Å². The standard InChI is InChI=1S/C26H21N3O4S/c1-15-6-4-5-7-17(15)25(30)29-26-28-19-9-8-16(12-24(19)34-26)33-21-10-11-27-20-14-23(32-3)22(31-2)13-18(20)21/h4-14H,1-3H3,(H,28,29,30). The van der Waals surface area contributed by atoms with Crippen molar-refractivity contribution in [1.82, 2.24) is 9.97 Å². The highest BCUT2D eigenvalue weighted by atomic mass is 32.1. The quantitative estimate of drug-likeness (QED) is 0.317. The highest BCUT2D eigenvalue weighted by Gasteiger charge is 2.14. The predicted molar refractivity (Wildman–Crippen MR) is 134 cm³/mol. The van der Waals surface area contributed by atoms with E-state index in [0.717, 1.165) is 26.7 Å². The Morgan fingerprint density at radius 3 is 2.50 bits per heavy atom. The first-order valence-corrected chi connectivity index (χ1v) is 11.3. The van der Waals surface area contributed by atoms with Crippen molar-refractivity contribution in [3.63, 3.8) is 0 Å². The number of aromatic nitrogens is 2. The van der Waals surface area contributed by atoms with Crippen LogP contribution in [0, 0.1) is 6.92 Å². The van der Waals surface area contributed by atoms with Gasteiger partial charge in [0.25, 0.3) is 5.91 Å². The third kappa shape index (κ3) is 4.11. The van der Waals surface area contributed by atoms with E-state index in [1.165, 1.54) is 11.3 Å². The Kier molecular flexibility index (Phi) is 5.73. The molecule has 0 bridgehead atoms. The number of pyridine rings is 1. The summed E-state index contributed by atoms with van der Waals surface area (Å²) in [7, 11) is 3.18. The summed E-state index contributed by atoms with van der Waals surface area (Å²) in [6.45, 7) is 1.91. The highest BCUT2D eigenvalue weighted by molar-refractivity contribution is 7.22. The predicted octanol–water partition coefficient (Wildman–Crippen LogP) is 6.21. The highest BCUT2D eigenvalue weighted by Crippen LogP contribution is 2.38. The number of thiazole rings is 1. The molecule has 0 aliphatic rings. The van der Waals surface area contributed by atoms with Crippen LogP contribution >= 0.6 is 11.3 Å². The van der Waals surface area contributed by atoms with Crippen molar-refractivity contribution in [2.75, 3.05) is 19.5 Å². The average molecular weight is 472 g/mol. The number of nitrogens with one attached hydrogen (secondary N) is 1. The molecular weight excluding hydrogens is 450 g/mol. The van der Waals surface area contributed by atoms with Crippen LogP contribution in [0.2, 0.25) is 0 Å². The number of amides is 1. The van der Waals surface area contributed by atoms with Crippen LogP contribution in [0.25, 0.3) is 21.1 Å². The van der Waals surface area contributed by atoms with Crippen molar-refractivity contribution >= 4 is 43.5 Å². The van der Waals surface area contributed by atoms with Gasteiger partial charge in [0.2, 0.25) is 0 Å². The Balaban J connectivity index is 1.43. The lowest BCUT2D eigenvalue weighted by Gasteiger charge is -2.12. The zero-order valence-electron chi connectivity index (χ0n) is 18.8. The van der Waals surface area contributed by atoms with Gasteiger partial charge in [-0.2, -0.15) is 0 Å². The molecule has 170 valence electrons. The van der Waals surface area contributed by atoms with Crippen LogP contribution < -0.4 is 19.5 Å². The number of anilines is 1. The molecule has 0 unspecified atom stereocenters. The molecule has 0 atom stereocenters. The van der Waals surface area contributed by atoms with E-state index in [1.54, 1.807) is 32.5 Å². The first-order chi connectivity index (χ1) is 16.6. The fraction of sp³-hybridized carbons (Fsp3) is 0.115. The summed E-state index contributed by atoms with van der Waals surface area (Å²) in [4.78, 5) is 21.6. The second kappa shape index (κ2) is 8.99. The van der Waals surface area contributed by atoms with Gasteiger partial charge in [-0.25, -0.2) is 4.98 Å². The van der Waals surface area contributed by atoms with Crippen LogP contribution in [0.5, 0.6) is 23.0 Å². The second-order valence-corrected chi connectivity index (χ2v) is 8.58. The number of carbonyl (C=O) groups is 1. The number of hydrogen-bond acceptors (Lipinski definition) is 7. The lowest BCUT2D eigenvalue weighted by Crippen LogP contribution is -2.12. The third-order valence-corrected chi connectivity index (χ3v) is 6.34. The van der Waals surface area contributed by atoms with Crippen LogP contribution in [0.4, 0.5) is 5.13 Å². The van der Waals surface area contributed by atoms with E-state index in [4.69, 9.17) is 14.2 Å². The van der Waals surface area contributed by atoms with Gasteiger partial charge >= 0.3 is 0 Å². The second-order valence-electron chi connectivity index (χ2n) is 7.55. The number of aryl methyl sites for hydroxylation is 1. The Morgan fingerprint density at radius 2 is 1.71 bits per heavy atom. The van der Waals surface area contributed by atoms with Crippen molar-refractivity contribution in [2.45, 2.75) is 6.92 Å². The Bertz CT molecular complexity index is 1530. The number of rotatable bonds is 6. The number of benzene rings is 3. The van der Waals surface area contributed by atoms with Crippen LogP contribution in [0.3, 0.4) is 0 Å². The van der Waals surface area contributed by atoms with E-state index >= 15 is 0 Å². The summed E-state index contributed by atoms with van der Waals surface area (Å²) in [5.41, 5.74) is 3.05. The van der Waals surface area contributed by atoms with E-state index in [9.17, 15) is 4.79 Å². The van der Waals surface area contributed by atoms with E-state index < -0.39 is 0 Å². The number of ether oxygens (including phenoxy) is 3. The number of methoxy groups -OCH3 is 2. The van der Waals surface area contributed by atoms with Crippen molar-refractivity contribution < 1.29 is 19.0 Å². The van der Waals surface area contributed by atoms with Gasteiger partial charge in [-0.3, -0.25) is 15.1 Å². The first-order valence-electron chi connectivity index (χ1n) is 10.5. The molecule has 2 aromatic heterocycles. The molecule has 0 saturated carbocycles. The molecule has 0 fully saturated rings. The lowest BCUT2D eigenvalue weighted by atomic mass is 10.1. The van der Waals surface area contributed by atoms with Crippen molar-refractivity contribution in [3.8, 4) is 23.0 Å². The summed E-state index contributed by atoms with van der Waals surface area (Å²) < 4.78 is 17.9. The summed E-state index contributed by atoms with van der Waals surface area (Å²) in [5, 5.41) is 4.23. The molecule has 1 N–H and O–H groups in total. The number of carbonyl (C=O) groups excluding carboxylic acids is 1. The normalized spacial score (nSPS) is 10.9. The minimum absolute atomic E-state index is 0.179. The summed E-state index contributed by atoms with van der Waals surface area (Å²) in [6.07, 6.45) is 1.69. The van der Waals surface area contributed by atoms with E-state index in [2.05, 4.69) is 15.3 Å². The minimum atomic E-state index is -0.179. The SMILES string of the molecule is COc1cc2nccc(Oc3ccc4nc(NC(=O)c5ccccc5C)sc4c3)c2cc1OC. The molecule has 5 rings (SSSR count). The average Bonchev–Trinajstić information content (AvgIpc) is 3.25. The molecule has 7 nitrogen and oxygen atoms in total. The minimum Gasteiger partial charge on any atom is -0.493 e. The Labute approximate surface area is 200 Å². The molecule has 0 aliphatic carbocycles. The maximum Gasteiger partial charge on any atom is 0.257 e. The summed E-state index contributed by atoms with van der Waals surface area (Å²) >= 11 is 1.39. The number of fused-ring (bicyclic) bond motifs is 2. The van der Waals surface area contributed by atoms with Crippen LogP contribution in [0.1, 0.15) is 15.9 Å². The molecule has 3 aromatic carbocycles. The van der Waals surface area contributed by atoms with E-state index in [-0.39, 0.29) is 5.91 Å². The fourth-order valence-electron chi connectivity index (χ4n) is 3.68. The fourth-order valence-corrected chi connectivity index (χ4v) is 4.57. The van der Waals surface area contributed by atoms with Gasteiger partial charge in [0.15, 0.2) is 16.6 Å². The smallest absolute Gasteiger partial charge is 0.257 e. The number of hydrogen-bond donors (Lipinski definition) is 1. The van der Waals surface area contributed by atoms with E-state index in [0.29, 0.717) is 33.7 Å². The molecule has 0 radical (unpaired) electrons. The van der Waals surface area contributed by atoms with Crippen molar-refractivity contribution in [2.24, 2.45) is 0 Å². The van der Waals surface area contributed by atoms with Gasteiger partial charge in [-0.15, -0.1) is 0 Å². The van der Waals surface area contributed by atoms with Crippen molar-refractivity contribution in [1.29, 1.82) is 0 Å². The number of nitrogens with zero attached hydrogens (tertiary/aromatic N) is 2. The molecule has 1 amide bonds. The zero-order chi connectivity index (χ0) is 23.7. The molecule has 2 heterocycles. The van der Waals surface area contributed by atoms with Gasteiger partial charge in [0.1, 0.15) is 11.5 Å². The molecule has 0 spiro atoms. The molecule has 8 heteroatoms. The van der Waals surface area contributed by atoms with Gasteiger partial charge in [-0.1, -0.05) is 29.5 Å². The molecule has 0 aliphatic heterocycles. The molecular formula is C26H21N3O4S. The molecule has 0 saturated heterocycles. The largest absolute Gasteiger partial charge is 0.493 e. The molecule has 34 heavy (non-hydrogen) atoms. The van der Waals surface area contributed by atoms with Crippen LogP contribution in [0.15, 0.2) is 66.9 Å². The van der Waals surface area contributed by atoms with Crippen LogP contribution in [-0.4, -0.2) is 30.1 Å². The van der Waals surface area contributed by atoms with Crippen molar-refractivity contribution in [3.05, 3.63) is 78.0 Å². The maximum atomic E-state index is 12.6. The van der Waals surface area contributed by atoms with E-state index in [1.807, 2.05) is 55.5 Å². The zero-order valence-corrected chi connectivity index (χ0v) is 19.6. The van der Waals surface area contributed by atoms with Crippen LogP contribution in [-0.2, 0) is 0 Å². The molecule has 5 aromatic rings. The summed E-state index contributed by atoms with van der Waals surface area (Å²) in [6, 6.07) is 18.6. The van der Waals surface area contributed by atoms with Gasteiger partial charge in [-0.05, 0) is 42.8 Å². The monoisotopic (exact) mass is 471 g/mol. The third-order valence-electron chi connectivity index (χ3n) is 5.40. The Hall–Kier alpha value is -4.17. The first kappa shape index (κ1) is 21.7. The lowest BCUT2D eigenvalue weighted by molar-refractivity contribution is 0.102. The Morgan fingerprint density at radius 1 is 0.912 bits per heavy atom.